The van der Waals surface area contributed by atoms with E-state index < -0.39 is 26.3 Å². The maximum Gasteiger partial charge on any atom is 0.323 e. The average Bonchev–Trinajstić information content (AvgIpc) is 3.18. The van der Waals surface area contributed by atoms with Gasteiger partial charge in [0.1, 0.15) is 0 Å². The number of imidazole rings is 1. The van der Waals surface area contributed by atoms with Gasteiger partial charge in [-0.3, -0.25) is 13.4 Å². The number of sulfonamides is 1. The van der Waals surface area contributed by atoms with E-state index in [0.717, 1.165) is 5.56 Å². The summed E-state index contributed by atoms with van der Waals surface area (Å²) in [5, 5.41) is 9.02. The van der Waals surface area contributed by atoms with Gasteiger partial charge in [0.2, 0.25) is 0 Å². The van der Waals surface area contributed by atoms with Crippen molar-refractivity contribution in [1.29, 1.82) is 5.26 Å². The molecule has 0 saturated heterocycles. The maximum atomic E-state index is 13.6. The van der Waals surface area contributed by atoms with Crippen LogP contribution < -0.4 is 9.99 Å². The lowest BCUT2D eigenvalue weighted by Gasteiger charge is -2.42. The number of hydrogen-bond acceptors (Lipinski definition) is 6. The Bertz CT molecular complexity index is 1600. The minimum Gasteiger partial charge on any atom is -0.306 e. The van der Waals surface area contributed by atoms with Crippen LogP contribution in [0, 0.1) is 11.3 Å². The van der Waals surface area contributed by atoms with Crippen LogP contribution in [0.3, 0.4) is 0 Å². The maximum absolute atomic E-state index is 13.6. The van der Waals surface area contributed by atoms with Crippen molar-refractivity contribution in [3.8, 4) is 17.2 Å². The Morgan fingerprint density at radius 3 is 2.36 bits per heavy atom. The first-order valence-corrected chi connectivity index (χ1v) is 13.0. The number of rotatable bonds is 3. The van der Waals surface area contributed by atoms with Crippen molar-refractivity contribution in [3.63, 3.8) is 0 Å². The predicted molar refractivity (Wildman–Crippen MR) is 126 cm³/mol. The Balaban J connectivity index is 1.64. The van der Waals surface area contributed by atoms with Gasteiger partial charge < -0.3 is 9.97 Å². The summed E-state index contributed by atoms with van der Waals surface area (Å²) in [5.41, 5.74) is 2.50. The SMILES string of the molecule is N#Cc1ccc(-c2ccc3c(c2)N(S(=O)(=O)c2ccc4[nH]c(=O)[nH]c4c2)CCS3(O)O)cc1. The van der Waals surface area contributed by atoms with Gasteiger partial charge in [0, 0.05) is 0 Å². The molecule has 9 nitrogen and oxygen atoms in total. The number of nitrogens with one attached hydrogen (secondary N) is 2. The van der Waals surface area contributed by atoms with E-state index in [9.17, 15) is 22.3 Å². The summed E-state index contributed by atoms with van der Waals surface area (Å²) in [6.45, 7) is -0.115. The second kappa shape index (κ2) is 7.50. The van der Waals surface area contributed by atoms with E-state index in [1.54, 1.807) is 36.4 Å². The summed E-state index contributed by atoms with van der Waals surface area (Å²) < 4.78 is 49.5. The van der Waals surface area contributed by atoms with E-state index in [4.69, 9.17) is 5.26 Å². The van der Waals surface area contributed by atoms with Gasteiger partial charge in [-0.1, -0.05) is 18.2 Å². The smallest absolute Gasteiger partial charge is 0.306 e. The molecule has 168 valence electrons. The van der Waals surface area contributed by atoms with Crippen LogP contribution in [0.4, 0.5) is 5.69 Å². The van der Waals surface area contributed by atoms with Gasteiger partial charge in [-0.15, -0.1) is 0 Å². The molecule has 2 heterocycles. The third-order valence-electron chi connectivity index (χ3n) is 5.58. The highest BCUT2D eigenvalue weighted by Gasteiger charge is 2.36. The number of nitriles is 1. The van der Waals surface area contributed by atoms with Crippen molar-refractivity contribution in [1.82, 2.24) is 9.97 Å². The fraction of sp³-hybridized carbons (Fsp3) is 0.0909. The van der Waals surface area contributed by atoms with Crippen molar-refractivity contribution >= 4 is 37.3 Å². The van der Waals surface area contributed by atoms with E-state index in [2.05, 4.69) is 16.0 Å². The number of aromatic nitrogens is 2. The first-order valence-electron chi connectivity index (χ1n) is 9.84. The summed E-state index contributed by atoms with van der Waals surface area (Å²) in [6, 6.07) is 18.0. The normalized spacial score (nSPS) is 16.2. The molecule has 0 spiro atoms. The molecule has 0 saturated carbocycles. The molecule has 0 radical (unpaired) electrons. The van der Waals surface area contributed by atoms with Gasteiger partial charge in [0.05, 0.1) is 50.4 Å². The van der Waals surface area contributed by atoms with E-state index in [1.165, 1.54) is 28.6 Å². The van der Waals surface area contributed by atoms with Gasteiger partial charge in [-0.05, 0) is 53.6 Å². The Hall–Kier alpha value is -3.56. The zero-order chi connectivity index (χ0) is 23.4. The molecule has 4 N–H and O–H groups in total. The molecule has 33 heavy (non-hydrogen) atoms. The minimum atomic E-state index is -4.07. The molecule has 1 aromatic heterocycles. The first kappa shape index (κ1) is 21.3. The molecule has 4 aromatic rings. The molecule has 3 aromatic carbocycles. The summed E-state index contributed by atoms with van der Waals surface area (Å²) in [4.78, 5) is 16.8. The highest BCUT2D eigenvalue weighted by molar-refractivity contribution is 8.24. The Morgan fingerprint density at radius 1 is 0.939 bits per heavy atom. The number of nitrogens with zero attached hydrogens (tertiary/aromatic N) is 2. The highest BCUT2D eigenvalue weighted by atomic mass is 32.3. The van der Waals surface area contributed by atoms with Crippen molar-refractivity contribution in [2.45, 2.75) is 9.79 Å². The monoisotopic (exact) mass is 482 g/mol. The zero-order valence-corrected chi connectivity index (χ0v) is 18.7. The molecular formula is C22H18N4O5S2. The summed E-state index contributed by atoms with van der Waals surface area (Å²) in [5.74, 6) is -0.126. The summed E-state index contributed by atoms with van der Waals surface area (Å²) in [6.07, 6.45) is 0. The van der Waals surface area contributed by atoms with Gasteiger partial charge in [0.15, 0.2) is 0 Å². The second-order valence-electron chi connectivity index (χ2n) is 7.61. The van der Waals surface area contributed by atoms with E-state index in [1.807, 2.05) is 0 Å². The lowest BCUT2D eigenvalue weighted by atomic mass is 10.0. The topological polar surface area (TPSA) is 150 Å². The van der Waals surface area contributed by atoms with E-state index in [0.29, 0.717) is 22.2 Å². The number of H-pyrrole nitrogens is 2. The van der Waals surface area contributed by atoms with Crippen LogP contribution in [0.5, 0.6) is 0 Å². The van der Waals surface area contributed by atoms with Crippen molar-refractivity contribution in [3.05, 3.63) is 76.7 Å². The lowest BCUT2D eigenvalue weighted by Crippen LogP contribution is -2.38. The Labute approximate surface area is 190 Å². The standard InChI is InChI=1S/C22H18N4O5S2/c23-13-14-1-3-15(4-2-14)16-5-8-21-20(11-16)26(9-10-32(21,28)29)33(30,31)17-6-7-18-19(12-17)25-22(27)24-18/h1-8,11-12,28-29H,9-10H2,(H2,24,25,27). The first-order chi connectivity index (χ1) is 15.7. The van der Waals surface area contributed by atoms with Crippen LogP contribution >= 0.6 is 10.6 Å². The predicted octanol–water partition coefficient (Wildman–Crippen LogP) is 3.71. The van der Waals surface area contributed by atoms with Gasteiger partial charge >= 0.3 is 5.69 Å². The lowest BCUT2D eigenvalue weighted by molar-refractivity contribution is 0.484. The fourth-order valence-corrected chi connectivity index (χ4v) is 7.02. The quantitative estimate of drug-likeness (QED) is 0.349. The molecule has 5 rings (SSSR count). The van der Waals surface area contributed by atoms with Gasteiger partial charge in [-0.2, -0.15) is 15.9 Å². The molecule has 1 aliphatic heterocycles. The molecule has 11 heteroatoms. The molecule has 0 aliphatic carbocycles. The van der Waals surface area contributed by atoms with Crippen LogP contribution in [0.1, 0.15) is 5.56 Å². The van der Waals surface area contributed by atoms with Crippen molar-refractivity contribution in [2.24, 2.45) is 0 Å². The number of fused-ring (bicyclic) bond motifs is 2. The van der Waals surface area contributed by atoms with Crippen LogP contribution in [0.2, 0.25) is 0 Å². The van der Waals surface area contributed by atoms with Crippen molar-refractivity contribution < 1.29 is 17.5 Å². The van der Waals surface area contributed by atoms with E-state index in [-0.39, 0.29) is 27.8 Å². The third-order valence-corrected chi connectivity index (χ3v) is 9.19. The van der Waals surface area contributed by atoms with Crippen LogP contribution in [0.15, 0.2) is 75.2 Å². The largest absolute Gasteiger partial charge is 0.323 e. The number of hydrogen-bond donors (Lipinski definition) is 4. The van der Waals surface area contributed by atoms with E-state index >= 15 is 0 Å². The molecule has 0 fully saturated rings. The molecule has 0 amide bonds. The average molecular weight is 483 g/mol. The minimum absolute atomic E-state index is 0.0293. The molecule has 0 unspecified atom stereocenters. The number of aromatic amines is 2. The third kappa shape index (κ3) is 3.59. The molecular weight excluding hydrogens is 464 g/mol. The van der Waals surface area contributed by atoms with Crippen LogP contribution in [-0.4, -0.2) is 39.8 Å². The summed E-state index contributed by atoms with van der Waals surface area (Å²) in [7, 11) is -7.23. The molecule has 1 aliphatic rings. The fourth-order valence-electron chi connectivity index (χ4n) is 3.90. The number of benzene rings is 3. The second-order valence-corrected chi connectivity index (χ2v) is 11.7. The van der Waals surface area contributed by atoms with Crippen LogP contribution in [0.25, 0.3) is 22.2 Å². The molecule has 0 bridgehead atoms. The Kier molecular flexibility index (Phi) is 4.84. The molecule has 0 atom stereocenters. The highest BCUT2D eigenvalue weighted by Crippen LogP contribution is 2.56. The number of anilines is 1. The zero-order valence-electron chi connectivity index (χ0n) is 17.0. The van der Waals surface area contributed by atoms with Crippen LogP contribution in [-0.2, 0) is 10.0 Å². The van der Waals surface area contributed by atoms with Crippen molar-refractivity contribution in [2.75, 3.05) is 16.6 Å². The summed E-state index contributed by atoms with van der Waals surface area (Å²) >= 11 is 0. The Morgan fingerprint density at radius 2 is 1.64 bits per heavy atom. The van der Waals surface area contributed by atoms with Gasteiger partial charge in [0.25, 0.3) is 10.0 Å². The van der Waals surface area contributed by atoms with Gasteiger partial charge in [-0.25, -0.2) is 13.2 Å².